The number of hydrogen-bond acceptors (Lipinski definition) is 7. The molecule has 7 nitrogen and oxygen atoms in total. The monoisotopic (exact) mass is 544 g/mol. The van der Waals surface area contributed by atoms with Crippen LogP contribution < -0.4 is 0 Å². The lowest BCUT2D eigenvalue weighted by atomic mass is 9.78. The molecule has 0 spiro atoms. The van der Waals surface area contributed by atoms with Crippen LogP contribution in [0, 0.1) is 5.92 Å². The average molecular weight is 545 g/mol. The van der Waals surface area contributed by atoms with Gasteiger partial charge in [-0.25, -0.2) is 0 Å². The summed E-state index contributed by atoms with van der Waals surface area (Å²) in [6, 6.07) is 0. The van der Waals surface area contributed by atoms with Crippen molar-refractivity contribution in [2.75, 3.05) is 6.61 Å². The maximum atomic E-state index is 12.2. The van der Waals surface area contributed by atoms with Crippen molar-refractivity contribution in [1.82, 2.24) is 0 Å². The third-order valence-electron chi connectivity index (χ3n) is 8.21. The Hall–Kier alpha value is -0.730. The third-order valence-corrected chi connectivity index (χ3v) is 8.21. The SMILES string of the molecule is CCCCCCCCCCCCCCCCCCCCCCCC(=O)OC1C(O)C(O)C(O)C(O)C1CO. The predicted molar refractivity (Wildman–Crippen MR) is 152 cm³/mol. The molecular formula is C31H60O7. The van der Waals surface area contributed by atoms with Gasteiger partial charge in [-0.1, -0.05) is 135 Å². The standard InChI is InChI=1S/C31H60O7/c1-2-3-4-5-6-7-8-9-10-11-12-13-14-15-16-17-18-19-20-21-22-23-26(33)38-31-25(24-32)27(34)28(35)29(36)30(31)37/h25,27-32,34-37H,2-24H2,1H3. The fraction of sp³-hybridized carbons (Fsp3) is 0.968. The summed E-state index contributed by atoms with van der Waals surface area (Å²) in [6.45, 7) is 1.70. The molecule has 1 aliphatic rings. The van der Waals surface area contributed by atoms with Crippen molar-refractivity contribution in [3.63, 3.8) is 0 Å². The number of esters is 1. The number of carbonyl (C=O) groups is 1. The van der Waals surface area contributed by atoms with Crippen molar-refractivity contribution in [3.8, 4) is 0 Å². The van der Waals surface area contributed by atoms with Gasteiger partial charge in [0.05, 0.1) is 18.6 Å². The smallest absolute Gasteiger partial charge is 0.306 e. The molecule has 0 radical (unpaired) electrons. The Balaban J connectivity index is 1.89. The van der Waals surface area contributed by atoms with Crippen molar-refractivity contribution in [1.29, 1.82) is 0 Å². The third kappa shape index (κ3) is 15.2. The van der Waals surface area contributed by atoms with E-state index in [1.165, 1.54) is 109 Å². The van der Waals surface area contributed by atoms with Crippen molar-refractivity contribution in [2.24, 2.45) is 5.92 Å². The van der Waals surface area contributed by atoms with Crippen molar-refractivity contribution < 1.29 is 35.1 Å². The fourth-order valence-electron chi connectivity index (χ4n) is 5.58. The van der Waals surface area contributed by atoms with Crippen LogP contribution in [0.15, 0.2) is 0 Å². The highest BCUT2D eigenvalue weighted by Gasteiger charge is 2.50. The maximum Gasteiger partial charge on any atom is 0.306 e. The molecule has 0 aromatic rings. The van der Waals surface area contributed by atoms with Crippen LogP contribution in [0.25, 0.3) is 0 Å². The van der Waals surface area contributed by atoms with Gasteiger partial charge in [-0.15, -0.1) is 0 Å². The second-order valence-corrected chi connectivity index (χ2v) is 11.6. The molecule has 5 N–H and O–H groups in total. The Bertz CT molecular complexity index is 558. The fourth-order valence-corrected chi connectivity index (χ4v) is 5.58. The quantitative estimate of drug-likeness (QED) is 0.0794. The summed E-state index contributed by atoms with van der Waals surface area (Å²) in [6.07, 6.45) is 19.9. The minimum Gasteiger partial charge on any atom is -0.459 e. The first-order valence-corrected chi connectivity index (χ1v) is 16.0. The van der Waals surface area contributed by atoms with E-state index in [0.29, 0.717) is 6.42 Å². The van der Waals surface area contributed by atoms with Gasteiger partial charge in [-0.3, -0.25) is 4.79 Å². The van der Waals surface area contributed by atoms with Gasteiger partial charge in [-0.05, 0) is 6.42 Å². The Morgan fingerprint density at radius 1 is 0.526 bits per heavy atom. The molecule has 226 valence electrons. The van der Waals surface area contributed by atoms with E-state index >= 15 is 0 Å². The van der Waals surface area contributed by atoms with Crippen LogP contribution in [-0.4, -0.2) is 68.6 Å². The molecule has 0 aromatic carbocycles. The maximum absolute atomic E-state index is 12.2. The van der Waals surface area contributed by atoms with Gasteiger partial charge < -0.3 is 30.3 Å². The summed E-state index contributed by atoms with van der Waals surface area (Å²) in [4.78, 5) is 12.2. The Morgan fingerprint density at radius 2 is 0.868 bits per heavy atom. The van der Waals surface area contributed by atoms with Crippen LogP contribution in [0.2, 0.25) is 0 Å². The van der Waals surface area contributed by atoms with Crippen molar-refractivity contribution in [2.45, 2.75) is 179 Å². The van der Waals surface area contributed by atoms with Crippen LogP contribution in [0.5, 0.6) is 0 Å². The van der Waals surface area contributed by atoms with E-state index in [4.69, 9.17) is 4.74 Å². The van der Waals surface area contributed by atoms with E-state index in [0.717, 1.165) is 19.3 Å². The summed E-state index contributed by atoms with van der Waals surface area (Å²) in [5.74, 6) is -1.56. The topological polar surface area (TPSA) is 127 Å². The van der Waals surface area contributed by atoms with Gasteiger partial charge in [0.2, 0.25) is 0 Å². The molecule has 0 amide bonds. The molecule has 1 fully saturated rings. The second kappa shape index (κ2) is 23.0. The van der Waals surface area contributed by atoms with Crippen LogP contribution in [0.3, 0.4) is 0 Å². The van der Waals surface area contributed by atoms with E-state index in [2.05, 4.69) is 6.92 Å². The zero-order chi connectivity index (χ0) is 28.0. The first-order valence-electron chi connectivity index (χ1n) is 16.0. The average Bonchev–Trinajstić information content (AvgIpc) is 2.91. The summed E-state index contributed by atoms with van der Waals surface area (Å²) in [5.41, 5.74) is 0. The highest BCUT2D eigenvalue weighted by atomic mass is 16.6. The summed E-state index contributed by atoms with van der Waals surface area (Å²) in [7, 11) is 0. The van der Waals surface area contributed by atoms with Crippen molar-refractivity contribution >= 4 is 5.97 Å². The first kappa shape index (κ1) is 35.3. The lowest BCUT2D eigenvalue weighted by Crippen LogP contribution is -2.62. The van der Waals surface area contributed by atoms with Crippen LogP contribution in [-0.2, 0) is 9.53 Å². The predicted octanol–water partition coefficient (Wildman–Crippen LogP) is 5.57. The van der Waals surface area contributed by atoms with Gasteiger partial charge in [-0.2, -0.15) is 0 Å². The van der Waals surface area contributed by atoms with E-state index < -0.39 is 49.0 Å². The molecule has 0 saturated heterocycles. The van der Waals surface area contributed by atoms with E-state index in [9.17, 15) is 30.3 Å². The Kier molecular flexibility index (Phi) is 21.4. The zero-order valence-electron chi connectivity index (χ0n) is 24.3. The minimum absolute atomic E-state index is 0.190. The number of carbonyl (C=O) groups excluding carboxylic acids is 1. The summed E-state index contributed by atoms with van der Waals surface area (Å²) < 4.78 is 5.26. The molecule has 1 saturated carbocycles. The molecule has 1 rings (SSSR count). The number of unbranched alkanes of at least 4 members (excludes halogenated alkanes) is 20. The molecule has 0 heterocycles. The highest BCUT2D eigenvalue weighted by Crippen LogP contribution is 2.29. The second-order valence-electron chi connectivity index (χ2n) is 11.6. The molecular weight excluding hydrogens is 484 g/mol. The Labute approximate surface area is 232 Å². The number of hydrogen-bond donors (Lipinski definition) is 5. The Morgan fingerprint density at radius 3 is 1.24 bits per heavy atom. The van der Waals surface area contributed by atoms with Crippen LogP contribution in [0.4, 0.5) is 0 Å². The van der Waals surface area contributed by atoms with Gasteiger partial charge in [0.25, 0.3) is 0 Å². The molecule has 6 atom stereocenters. The van der Waals surface area contributed by atoms with Gasteiger partial charge in [0.1, 0.15) is 24.4 Å². The molecule has 1 aliphatic carbocycles. The summed E-state index contributed by atoms with van der Waals surface area (Å²) >= 11 is 0. The molecule has 0 aromatic heterocycles. The first-order chi connectivity index (χ1) is 18.4. The normalized spacial score (nSPS) is 25.5. The van der Waals surface area contributed by atoms with E-state index in [-0.39, 0.29) is 6.42 Å². The molecule has 6 unspecified atom stereocenters. The zero-order valence-corrected chi connectivity index (χ0v) is 24.3. The number of ether oxygens (including phenoxy) is 1. The van der Waals surface area contributed by atoms with Gasteiger partial charge >= 0.3 is 5.97 Å². The molecule has 7 heteroatoms. The lowest BCUT2D eigenvalue weighted by Gasteiger charge is -2.42. The molecule has 0 aliphatic heterocycles. The molecule has 0 bridgehead atoms. The highest BCUT2D eigenvalue weighted by molar-refractivity contribution is 5.69. The lowest BCUT2D eigenvalue weighted by molar-refractivity contribution is -0.222. The van der Waals surface area contributed by atoms with E-state index in [1.54, 1.807) is 0 Å². The molecule has 38 heavy (non-hydrogen) atoms. The van der Waals surface area contributed by atoms with Gasteiger partial charge in [0.15, 0.2) is 0 Å². The van der Waals surface area contributed by atoms with E-state index in [1.807, 2.05) is 0 Å². The van der Waals surface area contributed by atoms with Gasteiger partial charge in [0, 0.05) is 6.42 Å². The number of aliphatic hydroxyl groups excluding tert-OH is 5. The van der Waals surface area contributed by atoms with Crippen LogP contribution in [0.1, 0.15) is 148 Å². The van der Waals surface area contributed by atoms with Crippen LogP contribution >= 0.6 is 0 Å². The largest absolute Gasteiger partial charge is 0.459 e. The number of rotatable bonds is 24. The number of aliphatic hydroxyl groups is 5. The van der Waals surface area contributed by atoms with Crippen molar-refractivity contribution in [3.05, 3.63) is 0 Å². The summed E-state index contributed by atoms with van der Waals surface area (Å²) in [5, 5.41) is 49.2. The minimum atomic E-state index is -1.63.